The Labute approximate surface area is 127 Å². The molecule has 4 nitrogen and oxygen atoms in total. The summed E-state index contributed by atoms with van der Waals surface area (Å²) in [6, 6.07) is 5.56. The monoisotopic (exact) mass is 289 g/mol. The number of carbonyl (C=O) groups is 1. The van der Waals surface area contributed by atoms with E-state index in [-0.39, 0.29) is 5.91 Å². The van der Waals surface area contributed by atoms with Crippen LogP contribution in [0.5, 0.6) is 0 Å². The van der Waals surface area contributed by atoms with Gasteiger partial charge in [0, 0.05) is 37.4 Å². The van der Waals surface area contributed by atoms with Crippen LogP contribution in [-0.2, 0) is 0 Å². The van der Waals surface area contributed by atoms with Crippen molar-refractivity contribution in [2.75, 3.05) is 38.5 Å². The summed E-state index contributed by atoms with van der Waals surface area (Å²) in [6.07, 6.45) is 1.22. The fourth-order valence-electron chi connectivity index (χ4n) is 2.66. The lowest BCUT2D eigenvalue weighted by Gasteiger charge is -2.35. The molecule has 1 heterocycles. The van der Waals surface area contributed by atoms with Gasteiger partial charge in [0.25, 0.3) is 5.91 Å². The second-order valence-corrected chi connectivity index (χ2v) is 6.39. The fraction of sp³-hybridized carbons (Fsp3) is 0.588. The highest BCUT2D eigenvalue weighted by molar-refractivity contribution is 5.96. The van der Waals surface area contributed by atoms with Crippen molar-refractivity contribution in [3.05, 3.63) is 29.3 Å². The first-order chi connectivity index (χ1) is 9.97. The van der Waals surface area contributed by atoms with Crippen molar-refractivity contribution >= 4 is 11.6 Å². The zero-order chi connectivity index (χ0) is 15.4. The molecule has 1 aromatic rings. The maximum atomic E-state index is 12.6. The van der Waals surface area contributed by atoms with Crippen LogP contribution >= 0.6 is 0 Å². The van der Waals surface area contributed by atoms with Crippen molar-refractivity contribution in [2.45, 2.75) is 27.2 Å². The van der Waals surface area contributed by atoms with Crippen LogP contribution < -0.4 is 5.73 Å². The van der Waals surface area contributed by atoms with Gasteiger partial charge in [0.05, 0.1) is 0 Å². The van der Waals surface area contributed by atoms with Gasteiger partial charge in [-0.1, -0.05) is 19.9 Å². The van der Waals surface area contributed by atoms with Crippen molar-refractivity contribution in [2.24, 2.45) is 5.92 Å². The van der Waals surface area contributed by atoms with E-state index in [0.717, 1.165) is 49.8 Å². The number of rotatable bonds is 4. The topological polar surface area (TPSA) is 49.6 Å². The number of nitrogen functional groups attached to an aromatic ring is 1. The summed E-state index contributed by atoms with van der Waals surface area (Å²) in [5.74, 6) is 0.850. The molecule has 0 saturated carbocycles. The highest BCUT2D eigenvalue weighted by Crippen LogP contribution is 2.16. The Morgan fingerprint density at radius 2 is 1.90 bits per heavy atom. The van der Waals surface area contributed by atoms with Crippen LogP contribution in [0.15, 0.2) is 18.2 Å². The van der Waals surface area contributed by atoms with E-state index in [9.17, 15) is 4.79 Å². The van der Waals surface area contributed by atoms with Crippen LogP contribution in [0.4, 0.5) is 5.69 Å². The Kier molecular flexibility index (Phi) is 5.23. The first kappa shape index (κ1) is 15.8. The molecular weight excluding hydrogens is 262 g/mol. The molecule has 0 bridgehead atoms. The molecular formula is C17H27N3O. The largest absolute Gasteiger partial charge is 0.399 e. The molecule has 0 spiro atoms. The summed E-state index contributed by atoms with van der Waals surface area (Å²) in [5.41, 5.74) is 8.20. The zero-order valence-corrected chi connectivity index (χ0v) is 13.4. The van der Waals surface area contributed by atoms with Gasteiger partial charge in [-0.15, -0.1) is 0 Å². The molecule has 0 aliphatic carbocycles. The van der Waals surface area contributed by atoms with Crippen LogP contribution in [0.1, 0.15) is 36.2 Å². The molecule has 116 valence electrons. The summed E-state index contributed by atoms with van der Waals surface area (Å²) >= 11 is 0. The average Bonchev–Trinajstić information content (AvgIpc) is 2.47. The molecule has 0 aromatic heterocycles. The van der Waals surface area contributed by atoms with Crippen molar-refractivity contribution in [3.8, 4) is 0 Å². The van der Waals surface area contributed by atoms with Crippen LogP contribution in [0.2, 0.25) is 0 Å². The van der Waals surface area contributed by atoms with Gasteiger partial charge < -0.3 is 10.6 Å². The summed E-state index contributed by atoms with van der Waals surface area (Å²) in [7, 11) is 0. The molecule has 0 radical (unpaired) electrons. The molecule has 1 fully saturated rings. The zero-order valence-electron chi connectivity index (χ0n) is 13.4. The molecule has 1 aromatic carbocycles. The number of hydrogen-bond acceptors (Lipinski definition) is 3. The van der Waals surface area contributed by atoms with E-state index in [1.54, 1.807) is 6.07 Å². The van der Waals surface area contributed by atoms with E-state index >= 15 is 0 Å². The molecule has 2 rings (SSSR count). The van der Waals surface area contributed by atoms with Crippen LogP contribution in [-0.4, -0.2) is 48.4 Å². The number of benzene rings is 1. The third-order valence-electron chi connectivity index (χ3n) is 4.17. The number of hydrogen-bond donors (Lipinski definition) is 1. The molecule has 1 aliphatic heterocycles. The van der Waals surface area contributed by atoms with Crippen molar-refractivity contribution in [1.29, 1.82) is 0 Å². The number of nitrogens with two attached hydrogens (primary N) is 1. The Bertz CT molecular complexity index is 491. The maximum absolute atomic E-state index is 12.6. The van der Waals surface area contributed by atoms with Gasteiger partial charge in [0.2, 0.25) is 0 Å². The van der Waals surface area contributed by atoms with E-state index in [0.29, 0.717) is 5.69 Å². The minimum atomic E-state index is 0.114. The molecule has 0 atom stereocenters. The lowest BCUT2D eigenvalue weighted by Crippen LogP contribution is -2.49. The Morgan fingerprint density at radius 1 is 1.24 bits per heavy atom. The van der Waals surface area contributed by atoms with Crippen LogP contribution in [0.3, 0.4) is 0 Å². The summed E-state index contributed by atoms with van der Waals surface area (Å²) in [6.45, 7) is 11.2. The minimum Gasteiger partial charge on any atom is -0.399 e. The van der Waals surface area contributed by atoms with E-state index in [1.165, 1.54) is 6.42 Å². The Hall–Kier alpha value is -1.55. The lowest BCUT2D eigenvalue weighted by molar-refractivity contribution is 0.0631. The van der Waals surface area contributed by atoms with Crippen molar-refractivity contribution in [1.82, 2.24) is 9.80 Å². The van der Waals surface area contributed by atoms with Crippen LogP contribution in [0.25, 0.3) is 0 Å². The number of amides is 1. The molecule has 1 saturated heterocycles. The number of carbonyl (C=O) groups excluding carboxylic acids is 1. The first-order valence-corrected chi connectivity index (χ1v) is 7.85. The highest BCUT2D eigenvalue weighted by atomic mass is 16.2. The Morgan fingerprint density at radius 3 is 2.52 bits per heavy atom. The molecule has 0 unspecified atom stereocenters. The fourth-order valence-corrected chi connectivity index (χ4v) is 2.66. The number of anilines is 1. The predicted octanol–water partition coefficient (Wildman–Crippen LogP) is 2.38. The van der Waals surface area contributed by atoms with E-state index in [4.69, 9.17) is 5.73 Å². The van der Waals surface area contributed by atoms with E-state index in [1.807, 2.05) is 24.0 Å². The second-order valence-electron chi connectivity index (χ2n) is 6.39. The van der Waals surface area contributed by atoms with Crippen LogP contribution in [0, 0.1) is 12.8 Å². The quantitative estimate of drug-likeness (QED) is 0.866. The third-order valence-corrected chi connectivity index (χ3v) is 4.17. The van der Waals surface area contributed by atoms with Gasteiger partial charge in [-0.05, 0) is 43.5 Å². The molecule has 1 aliphatic rings. The Balaban J connectivity index is 1.92. The normalized spacial score (nSPS) is 16.5. The van der Waals surface area contributed by atoms with Crippen molar-refractivity contribution in [3.63, 3.8) is 0 Å². The molecule has 1 amide bonds. The number of nitrogens with zero attached hydrogens (tertiary/aromatic N) is 2. The SMILES string of the molecule is Cc1ccc(N)cc1C(=O)N1CCN(CCC(C)C)CC1. The number of aryl methyl sites for hydroxylation is 1. The lowest BCUT2D eigenvalue weighted by atomic mass is 10.1. The molecule has 2 N–H and O–H groups in total. The van der Waals surface area contributed by atoms with Crippen molar-refractivity contribution < 1.29 is 4.79 Å². The summed E-state index contributed by atoms with van der Waals surface area (Å²) < 4.78 is 0. The maximum Gasteiger partial charge on any atom is 0.254 e. The van der Waals surface area contributed by atoms with E-state index < -0.39 is 0 Å². The minimum absolute atomic E-state index is 0.114. The summed E-state index contributed by atoms with van der Waals surface area (Å²) in [5, 5.41) is 0. The van der Waals surface area contributed by atoms with E-state index in [2.05, 4.69) is 18.7 Å². The first-order valence-electron chi connectivity index (χ1n) is 7.85. The second kappa shape index (κ2) is 6.94. The third kappa shape index (κ3) is 4.21. The van der Waals surface area contributed by atoms with Gasteiger partial charge in [0.1, 0.15) is 0 Å². The van der Waals surface area contributed by atoms with Gasteiger partial charge in [0.15, 0.2) is 0 Å². The van der Waals surface area contributed by atoms with Gasteiger partial charge in [-0.25, -0.2) is 0 Å². The highest BCUT2D eigenvalue weighted by Gasteiger charge is 2.23. The van der Waals surface area contributed by atoms with Gasteiger partial charge in [-0.3, -0.25) is 9.69 Å². The number of piperazine rings is 1. The predicted molar refractivity (Wildman–Crippen MR) is 87.4 cm³/mol. The average molecular weight is 289 g/mol. The summed E-state index contributed by atoms with van der Waals surface area (Å²) in [4.78, 5) is 17.0. The standard InChI is InChI=1S/C17H27N3O/c1-13(2)6-7-19-8-10-20(11-9-19)17(21)16-12-15(18)5-4-14(16)3/h4-5,12-13H,6-11,18H2,1-3H3. The van der Waals surface area contributed by atoms with Gasteiger partial charge in [-0.2, -0.15) is 0 Å². The molecule has 21 heavy (non-hydrogen) atoms. The molecule has 4 heteroatoms. The smallest absolute Gasteiger partial charge is 0.254 e. The van der Waals surface area contributed by atoms with Gasteiger partial charge >= 0.3 is 0 Å².